The molecule has 3 aromatic rings. The van der Waals surface area contributed by atoms with Crippen molar-refractivity contribution in [3.05, 3.63) is 65.9 Å². The second kappa shape index (κ2) is 15.6. The molecule has 13 nitrogen and oxygen atoms in total. The van der Waals surface area contributed by atoms with Gasteiger partial charge in [-0.1, -0.05) is 30.3 Å². The summed E-state index contributed by atoms with van der Waals surface area (Å²) in [5, 5.41) is 36.3. The van der Waals surface area contributed by atoms with E-state index >= 15 is 0 Å². The fraction of sp³-hybridized carbons (Fsp3) is 0.345. The number of rotatable bonds is 16. The van der Waals surface area contributed by atoms with E-state index in [4.69, 9.17) is 10.8 Å². The Morgan fingerprint density at radius 1 is 0.860 bits per heavy atom. The van der Waals surface area contributed by atoms with Crippen molar-refractivity contribution < 1.29 is 39.3 Å². The quantitative estimate of drug-likeness (QED) is 0.113. The van der Waals surface area contributed by atoms with Crippen LogP contribution in [-0.2, 0) is 36.8 Å². The number of carboxylic acids is 2. The van der Waals surface area contributed by atoms with Crippen LogP contribution in [0, 0.1) is 0 Å². The van der Waals surface area contributed by atoms with Crippen LogP contribution < -0.4 is 21.7 Å². The molecule has 0 saturated heterocycles. The molecule has 0 fully saturated rings. The van der Waals surface area contributed by atoms with Crippen molar-refractivity contribution >= 4 is 52.3 Å². The highest BCUT2D eigenvalue weighted by molar-refractivity contribution is 7.98. The van der Waals surface area contributed by atoms with Crippen LogP contribution >= 0.6 is 11.8 Å². The lowest BCUT2D eigenvalue weighted by molar-refractivity contribution is -0.147. The lowest BCUT2D eigenvalue weighted by Gasteiger charge is -2.25. The van der Waals surface area contributed by atoms with Gasteiger partial charge < -0.3 is 42.0 Å². The summed E-state index contributed by atoms with van der Waals surface area (Å²) < 4.78 is 0. The maximum absolute atomic E-state index is 13.5. The summed E-state index contributed by atoms with van der Waals surface area (Å²) in [7, 11) is 0. The third-order valence-corrected chi connectivity index (χ3v) is 7.34. The fourth-order valence-electron chi connectivity index (χ4n) is 4.41. The van der Waals surface area contributed by atoms with Crippen LogP contribution in [0.5, 0.6) is 5.75 Å². The molecule has 0 aliphatic rings. The van der Waals surface area contributed by atoms with Gasteiger partial charge in [-0.05, 0) is 54.2 Å². The minimum atomic E-state index is -1.70. The summed E-state index contributed by atoms with van der Waals surface area (Å²) >= 11 is 1.39. The molecular weight excluding hydrogens is 578 g/mol. The number of aromatic nitrogens is 1. The van der Waals surface area contributed by atoms with Crippen LogP contribution in [0.25, 0.3) is 10.9 Å². The highest BCUT2D eigenvalue weighted by Crippen LogP contribution is 2.19. The topological polar surface area (TPSA) is 224 Å². The Balaban J connectivity index is 1.78. The zero-order chi connectivity index (χ0) is 31.5. The van der Waals surface area contributed by atoms with E-state index in [0.29, 0.717) is 11.3 Å². The monoisotopic (exact) mass is 613 g/mol. The first-order valence-corrected chi connectivity index (χ1v) is 14.8. The normalized spacial score (nSPS) is 13.8. The molecule has 43 heavy (non-hydrogen) atoms. The van der Waals surface area contributed by atoms with Gasteiger partial charge in [-0.25, -0.2) is 4.79 Å². The Hall–Kier alpha value is -4.56. The third kappa shape index (κ3) is 9.75. The second-order valence-electron chi connectivity index (χ2n) is 9.94. The number of carbonyl (C=O) groups is 5. The van der Waals surface area contributed by atoms with Gasteiger partial charge in [-0.2, -0.15) is 11.8 Å². The summed E-state index contributed by atoms with van der Waals surface area (Å²) in [6, 6.07) is 8.44. The number of para-hydroxylation sites is 1. The number of carbonyl (C=O) groups excluding carboxylic acids is 3. The molecule has 0 spiro atoms. The van der Waals surface area contributed by atoms with E-state index in [2.05, 4.69) is 20.9 Å². The number of benzene rings is 2. The van der Waals surface area contributed by atoms with E-state index in [1.165, 1.54) is 23.9 Å². The molecule has 14 heteroatoms. The molecule has 1 heterocycles. The number of aromatic amines is 1. The highest BCUT2D eigenvalue weighted by Gasteiger charge is 2.31. The average molecular weight is 614 g/mol. The van der Waals surface area contributed by atoms with Gasteiger partial charge in [0.15, 0.2) is 0 Å². The molecule has 0 aliphatic carbocycles. The van der Waals surface area contributed by atoms with Crippen LogP contribution in [0.1, 0.15) is 24.0 Å². The van der Waals surface area contributed by atoms with Crippen molar-refractivity contribution in [2.24, 2.45) is 5.73 Å². The molecule has 4 atom stereocenters. The van der Waals surface area contributed by atoms with E-state index in [0.717, 1.165) is 16.5 Å². The minimum Gasteiger partial charge on any atom is -0.508 e. The number of nitrogens with two attached hydrogens (primary N) is 1. The van der Waals surface area contributed by atoms with Crippen LogP contribution in [0.15, 0.2) is 54.7 Å². The van der Waals surface area contributed by atoms with Crippen molar-refractivity contribution in [3.8, 4) is 5.75 Å². The van der Waals surface area contributed by atoms with Crippen molar-refractivity contribution in [2.45, 2.75) is 49.9 Å². The van der Waals surface area contributed by atoms with Crippen LogP contribution in [0.3, 0.4) is 0 Å². The first-order valence-electron chi connectivity index (χ1n) is 13.4. The Morgan fingerprint density at radius 3 is 2.14 bits per heavy atom. The number of carboxylic acid groups (broad SMARTS) is 2. The number of nitrogens with one attached hydrogen (secondary N) is 4. The Kier molecular flexibility index (Phi) is 12.0. The Labute approximate surface area is 251 Å². The Morgan fingerprint density at radius 2 is 1.49 bits per heavy atom. The number of hydrogen-bond donors (Lipinski definition) is 8. The van der Waals surface area contributed by atoms with E-state index < -0.39 is 60.2 Å². The molecule has 0 bridgehead atoms. The SMILES string of the molecule is CSCCC(NC(=O)C(Cc1ccc(O)cc1)NC(=O)C(N)Cc1c[nH]c2ccccc12)C(=O)NC(CC(=O)O)C(=O)O. The molecule has 0 saturated carbocycles. The molecular formula is C29H35N5O8S. The molecule has 3 amide bonds. The van der Waals surface area contributed by atoms with Gasteiger partial charge in [0.2, 0.25) is 17.7 Å². The summed E-state index contributed by atoms with van der Waals surface area (Å²) in [4.78, 5) is 65.4. The standard InChI is InChI=1S/C29H35N5O8S/c1-43-11-10-22(27(39)34-24(29(41)42)14-25(36)37)32-28(40)23(12-16-6-8-18(35)9-7-16)33-26(38)20(30)13-17-15-31-21-5-3-2-4-19(17)21/h2-9,15,20,22-24,31,35H,10-14,30H2,1H3,(H,32,40)(H,33,38)(H,34,39)(H,36,37)(H,41,42). The number of aromatic hydroxyl groups is 1. The van der Waals surface area contributed by atoms with E-state index in [-0.39, 0.29) is 25.0 Å². The largest absolute Gasteiger partial charge is 0.508 e. The third-order valence-electron chi connectivity index (χ3n) is 6.70. The lowest BCUT2D eigenvalue weighted by atomic mass is 10.0. The maximum Gasteiger partial charge on any atom is 0.326 e. The van der Waals surface area contributed by atoms with E-state index in [1.54, 1.807) is 24.6 Å². The summed E-state index contributed by atoms with van der Waals surface area (Å²) in [5.41, 5.74) is 8.54. The first kappa shape index (κ1) is 32.9. The molecule has 9 N–H and O–H groups in total. The van der Waals surface area contributed by atoms with Gasteiger partial charge in [0.05, 0.1) is 12.5 Å². The number of amides is 3. The van der Waals surface area contributed by atoms with E-state index in [9.17, 15) is 34.2 Å². The molecule has 0 radical (unpaired) electrons. The van der Waals surface area contributed by atoms with Crippen LogP contribution in [0.4, 0.5) is 0 Å². The van der Waals surface area contributed by atoms with Gasteiger partial charge in [0, 0.05) is 23.5 Å². The molecule has 0 aliphatic heterocycles. The zero-order valence-corrected chi connectivity index (χ0v) is 24.2. The Bertz CT molecular complexity index is 1440. The van der Waals surface area contributed by atoms with Crippen LogP contribution in [0.2, 0.25) is 0 Å². The average Bonchev–Trinajstić information content (AvgIpc) is 3.37. The number of thioether (sulfide) groups is 1. The summed E-state index contributed by atoms with van der Waals surface area (Å²) in [6.07, 6.45) is 2.98. The second-order valence-corrected chi connectivity index (χ2v) is 10.9. The maximum atomic E-state index is 13.5. The van der Waals surface area contributed by atoms with Crippen molar-refractivity contribution in [1.82, 2.24) is 20.9 Å². The number of hydrogen-bond acceptors (Lipinski definition) is 8. The summed E-state index contributed by atoms with van der Waals surface area (Å²) in [5.74, 6) is -4.74. The van der Waals surface area contributed by atoms with Crippen molar-refractivity contribution in [3.63, 3.8) is 0 Å². The fourth-order valence-corrected chi connectivity index (χ4v) is 4.88. The number of H-pyrrole nitrogens is 1. The molecule has 1 aromatic heterocycles. The number of aliphatic carboxylic acids is 2. The molecule has 2 aromatic carbocycles. The number of phenolic OH excluding ortho intramolecular Hbond substituents is 1. The predicted octanol–water partition coefficient (Wildman–Crippen LogP) is 0.753. The predicted molar refractivity (Wildman–Crippen MR) is 160 cm³/mol. The smallest absolute Gasteiger partial charge is 0.326 e. The van der Waals surface area contributed by atoms with Gasteiger partial charge >= 0.3 is 11.9 Å². The molecule has 4 unspecified atom stereocenters. The van der Waals surface area contributed by atoms with Crippen molar-refractivity contribution in [2.75, 3.05) is 12.0 Å². The lowest BCUT2D eigenvalue weighted by Crippen LogP contribution is -2.58. The van der Waals surface area contributed by atoms with Gasteiger partial charge in [-0.3, -0.25) is 19.2 Å². The van der Waals surface area contributed by atoms with Crippen molar-refractivity contribution in [1.29, 1.82) is 0 Å². The number of phenols is 1. The van der Waals surface area contributed by atoms with Gasteiger partial charge in [-0.15, -0.1) is 0 Å². The number of fused-ring (bicyclic) bond motifs is 1. The van der Waals surface area contributed by atoms with Gasteiger partial charge in [0.25, 0.3) is 0 Å². The summed E-state index contributed by atoms with van der Waals surface area (Å²) in [6.45, 7) is 0. The van der Waals surface area contributed by atoms with Crippen LogP contribution in [-0.4, -0.2) is 86.1 Å². The molecule has 3 rings (SSSR count). The zero-order valence-electron chi connectivity index (χ0n) is 23.4. The minimum absolute atomic E-state index is 0.00864. The van der Waals surface area contributed by atoms with E-state index in [1.807, 2.05) is 24.3 Å². The van der Waals surface area contributed by atoms with Gasteiger partial charge in [0.1, 0.15) is 23.9 Å². The first-order chi connectivity index (χ1) is 20.5. The highest BCUT2D eigenvalue weighted by atomic mass is 32.2. The molecule has 230 valence electrons.